The van der Waals surface area contributed by atoms with Crippen LogP contribution < -0.4 is 119 Å². The summed E-state index contributed by atoms with van der Waals surface area (Å²) >= 11 is 11.9. The minimum atomic E-state index is -1.18. The minimum Gasteiger partial charge on any atom is -1.00 e. The van der Waals surface area contributed by atoms with Crippen molar-refractivity contribution in [1.29, 1.82) is 0 Å². The van der Waals surface area contributed by atoms with Crippen LogP contribution in [0.1, 0.15) is 55.1 Å². The number of aliphatic carboxylic acids is 2. The maximum absolute atomic E-state index is 13.0. The predicted octanol–water partition coefficient (Wildman–Crippen LogP) is -1.10. The fourth-order valence-electron chi connectivity index (χ4n) is 2.93. The van der Waals surface area contributed by atoms with Gasteiger partial charge >= 0.3 is 115 Å². The number of aliphatic hydroxyl groups is 2. The fraction of sp³-hybridized carbons (Fsp3) is 0.414. The number of aliphatic hydroxyl groups excluding tert-OH is 2. The topological polar surface area (TPSA) is 211 Å². The Labute approximate surface area is 371 Å². The molecule has 0 aliphatic heterocycles. The molecular formula is C29H41Cl2FK2N4O9. The quantitative estimate of drug-likeness (QED) is 0.0595. The average molecular weight is 758 g/mol. The molecule has 7 N–H and O–H groups in total. The van der Waals surface area contributed by atoms with Crippen molar-refractivity contribution in [2.45, 2.75) is 79.7 Å². The van der Waals surface area contributed by atoms with Crippen molar-refractivity contribution in [3.63, 3.8) is 0 Å². The monoisotopic (exact) mass is 756 g/mol. The SMILES string of the molecule is C.C.C[C@H](O)[C@@H](N)C(=O)O.O=CO[O-].[C-]#[N+]c1ccc(F)c(CC)c1Cl.[C-]#[N+]c1ccc(N[C@@H](C(=O)O)[C@H](C)O)c(CC)c1Cl.[H-].[K+].[K+]. The Kier molecular flexibility index (Phi) is 40.4. The number of carboxylic acid groups (broad SMARTS) is 2. The van der Waals surface area contributed by atoms with E-state index in [1.165, 1.54) is 32.0 Å². The summed E-state index contributed by atoms with van der Waals surface area (Å²) in [5.74, 6) is -2.67. The van der Waals surface area contributed by atoms with Crippen LogP contribution in [0.25, 0.3) is 9.69 Å². The van der Waals surface area contributed by atoms with Gasteiger partial charge in [-0.05, 0) is 49.9 Å². The Balaban J connectivity index is -0.000000101. The maximum Gasteiger partial charge on any atom is 1.00 e. The van der Waals surface area contributed by atoms with Crippen molar-refractivity contribution in [2.75, 3.05) is 5.32 Å². The van der Waals surface area contributed by atoms with Crippen LogP contribution in [0.15, 0.2) is 24.3 Å². The zero-order valence-corrected chi connectivity index (χ0v) is 33.3. The van der Waals surface area contributed by atoms with Crippen LogP contribution >= 0.6 is 23.2 Å². The van der Waals surface area contributed by atoms with Crippen LogP contribution in [0.2, 0.25) is 10.0 Å². The number of hydrogen-bond acceptors (Lipinski definition) is 9. The van der Waals surface area contributed by atoms with Gasteiger partial charge < -0.3 is 43.0 Å². The van der Waals surface area contributed by atoms with E-state index in [0.29, 0.717) is 46.1 Å². The fourth-order valence-corrected chi connectivity index (χ4v) is 3.60. The van der Waals surface area contributed by atoms with E-state index in [1.807, 2.05) is 6.92 Å². The minimum absolute atomic E-state index is 0. The first kappa shape index (κ1) is 58.5. The molecule has 0 aliphatic carbocycles. The van der Waals surface area contributed by atoms with E-state index in [-0.39, 0.29) is 136 Å². The molecular weight excluding hydrogens is 716 g/mol. The molecule has 0 spiro atoms. The van der Waals surface area contributed by atoms with Gasteiger partial charge in [0.05, 0.1) is 35.4 Å². The molecule has 0 heterocycles. The number of hydrogen-bond donors (Lipinski definition) is 6. The normalized spacial score (nSPS) is 11.3. The third kappa shape index (κ3) is 21.8. The van der Waals surface area contributed by atoms with Crippen molar-refractivity contribution in [3.05, 3.63) is 74.1 Å². The van der Waals surface area contributed by atoms with Gasteiger partial charge in [0.25, 0.3) is 6.47 Å². The van der Waals surface area contributed by atoms with Crippen LogP contribution in [-0.2, 0) is 32.1 Å². The number of nitrogens with zero attached hydrogens (tertiary/aromatic N) is 2. The third-order valence-electron chi connectivity index (χ3n) is 5.24. The van der Waals surface area contributed by atoms with Gasteiger partial charge in [-0.1, -0.05) is 64.0 Å². The van der Waals surface area contributed by atoms with Crippen LogP contribution in [-0.4, -0.2) is 63.1 Å². The summed E-state index contributed by atoms with van der Waals surface area (Å²) in [6.07, 6.45) is -0.973. The Hall–Kier alpha value is -0.747. The van der Waals surface area contributed by atoms with Crippen LogP contribution in [0.3, 0.4) is 0 Å². The molecule has 18 heteroatoms. The molecule has 0 saturated heterocycles. The number of carbonyl (C=O) groups excluding carboxylic acids is 1. The largest absolute Gasteiger partial charge is 1.00 e. The molecule has 0 fully saturated rings. The van der Waals surface area contributed by atoms with E-state index in [9.17, 15) is 19.1 Å². The van der Waals surface area contributed by atoms with E-state index >= 15 is 0 Å². The van der Waals surface area contributed by atoms with Gasteiger partial charge in [0, 0.05) is 5.69 Å². The molecule has 0 saturated carbocycles. The van der Waals surface area contributed by atoms with Crippen LogP contribution in [0, 0.1) is 19.0 Å². The second kappa shape index (κ2) is 32.5. The number of carbonyl (C=O) groups is 3. The molecule has 0 amide bonds. The van der Waals surface area contributed by atoms with Crippen LogP contribution in [0.5, 0.6) is 0 Å². The molecule has 0 aromatic heterocycles. The Morgan fingerprint density at radius 3 is 1.66 bits per heavy atom. The summed E-state index contributed by atoms with van der Waals surface area (Å²) in [5.41, 5.74) is 7.16. The zero-order chi connectivity index (χ0) is 33.9. The Morgan fingerprint density at radius 1 is 0.979 bits per heavy atom. The molecule has 0 unspecified atom stereocenters. The Morgan fingerprint density at radius 2 is 1.38 bits per heavy atom. The van der Waals surface area contributed by atoms with Crippen LogP contribution in [0.4, 0.5) is 21.5 Å². The maximum atomic E-state index is 13.0. The second-order valence-electron chi connectivity index (χ2n) is 8.21. The standard InChI is InChI=1S/C13H15ClN2O3.C9H7ClFN.C4H9NO3.CH2O3.2CH4.2K.H/c1-4-8-9(5-6-10(15-3)11(8)14)16-12(7(2)17)13(18)19;1-3-6-7(11)4-5-8(12-2)9(6)10;1-2(6)3(5)4(7)8;2-1-4-3;;;;;/h5-7,12,16-17H,4H2,1-2H3,(H,18,19);4-5H,3H2,1H3;2-3,6H,5H2,1H3,(H,7,8);1,3H;2*1H4;;;/q;;;;;;2*+1;-1/p-1/t7-,12+;;2-,3+;;;;;;/m0.0....../s1. The molecule has 0 aliphatic rings. The first-order valence-electron chi connectivity index (χ1n) is 12.2. The van der Waals surface area contributed by atoms with Gasteiger partial charge in [-0.2, -0.15) is 0 Å². The summed E-state index contributed by atoms with van der Waals surface area (Å²) in [6, 6.07) is 3.52. The van der Waals surface area contributed by atoms with E-state index in [0.717, 1.165) is 0 Å². The summed E-state index contributed by atoms with van der Waals surface area (Å²) < 4.78 is 13.0. The van der Waals surface area contributed by atoms with E-state index < -0.39 is 36.2 Å². The summed E-state index contributed by atoms with van der Waals surface area (Å²) in [5, 5.41) is 46.8. The molecule has 254 valence electrons. The molecule has 13 nitrogen and oxygen atoms in total. The molecule has 0 bridgehead atoms. The number of halogens is 3. The summed E-state index contributed by atoms with van der Waals surface area (Å²) in [7, 11) is 0. The van der Waals surface area contributed by atoms with Gasteiger partial charge in [-0.15, -0.1) is 0 Å². The van der Waals surface area contributed by atoms with Crippen molar-refractivity contribution in [3.8, 4) is 0 Å². The number of benzene rings is 2. The molecule has 2 aromatic carbocycles. The zero-order valence-electron chi connectivity index (χ0n) is 26.5. The van der Waals surface area contributed by atoms with Crippen molar-refractivity contribution < 1.29 is 154 Å². The summed E-state index contributed by atoms with van der Waals surface area (Å²) in [4.78, 5) is 38.6. The summed E-state index contributed by atoms with van der Waals surface area (Å²) in [6.45, 7) is 19.9. The molecule has 47 heavy (non-hydrogen) atoms. The number of nitrogens with one attached hydrogen (secondary N) is 1. The van der Waals surface area contributed by atoms with Crippen molar-refractivity contribution in [2.24, 2.45) is 5.73 Å². The molecule has 2 aromatic rings. The van der Waals surface area contributed by atoms with Gasteiger partial charge in [0.2, 0.25) is 11.4 Å². The first-order chi connectivity index (χ1) is 20.1. The first-order valence-corrected chi connectivity index (χ1v) is 12.9. The van der Waals surface area contributed by atoms with Crippen molar-refractivity contribution in [1.82, 2.24) is 0 Å². The predicted molar refractivity (Wildman–Crippen MR) is 170 cm³/mol. The van der Waals surface area contributed by atoms with Crippen molar-refractivity contribution >= 4 is 58.7 Å². The number of nitrogens with two attached hydrogens (primary N) is 1. The average Bonchev–Trinajstić information content (AvgIpc) is 2.96. The number of carboxylic acids is 2. The van der Waals surface area contributed by atoms with E-state index in [4.69, 9.17) is 67.5 Å². The van der Waals surface area contributed by atoms with Gasteiger partial charge in [0.15, 0.2) is 6.04 Å². The van der Waals surface area contributed by atoms with E-state index in [2.05, 4.69) is 19.9 Å². The van der Waals surface area contributed by atoms with E-state index in [1.54, 1.807) is 13.0 Å². The molecule has 4 atom stereocenters. The third-order valence-corrected chi connectivity index (χ3v) is 6.08. The smallest absolute Gasteiger partial charge is 1.00 e. The second-order valence-corrected chi connectivity index (χ2v) is 8.97. The van der Waals surface area contributed by atoms with Gasteiger partial charge in [-0.25, -0.2) is 18.9 Å². The number of rotatable bonds is 9. The number of anilines is 1. The van der Waals surface area contributed by atoms with Gasteiger partial charge in [0.1, 0.15) is 11.9 Å². The Bertz CT molecular complexity index is 1320. The molecule has 2 rings (SSSR count). The van der Waals surface area contributed by atoms with Gasteiger partial charge in [-0.3, -0.25) is 9.59 Å². The molecule has 0 radical (unpaired) electrons.